The summed E-state index contributed by atoms with van der Waals surface area (Å²) < 4.78 is 36.3. The van der Waals surface area contributed by atoms with Crippen LogP contribution >= 0.6 is 11.3 Å². The number of carbonyl (C=O) groups is 1. The predicted octanol–water partition coefficient (Wildman–Crippen LogP) is 4.15. The molecule has 3 aromatic rings. The Labute approximate surface area is 204 Å². The van der Waals surface area contributed by atoms with Crippen LogP contribution in [0.5, 0.6) is 0 Å². The van der Waals surface area contributed by atoms with Gasteiger partial charge in [-0.25, -0.2) is 8.42 Å². The number of sulfonamides is 1. The Balaban J connectivity index is 1.60. The normalized spacial score (nSPS) is 20.1. The van der Waals surface area contributed by atoms with Crippen molar-refractivity contribution in [1.82, 2.24) is 8.87 Å². The Morgan fingerprint density at radius 2 is 1.76 bits per heavy atom. The van der Waals surface area contributed by atoms with Crippen LogP contribution in [-0.4, -0.2) is 49.5 Å². The summed E-state index contributed by atoms with van der Waals surface area (Å²) in [7, 11) is -3.59. The van der Waals surface area contributed by atoms with Crippen molar-refractivity contribution < 1.29 is 17.9 Å². The number of piperidine rings is 1. The van der Waals surface area contributed by atoms with Gasteiger partial charge in [-0.15, -0.1) is 0 Å². The van der Waals surface area contributed by atoms with Gasteiger partial charge in [0.15, 0.2) is 4.80 Å². The number of para-hydroxylation sites is 1. The average Bonchev–Trinajstić information content (AvgIpc) is 3.15. The molecule has 0 unspecified atom stereocenters. The van der Waals surface area contributed by atoms with Crippen molar-refractivity contribution >= 4 is 37.5 Å². The van der Waals surface area contributed by atoms with Crippen LogP contribution in [0, 0.1) is 11.8 Å². The summed E-state index contributed by atoms with van der Waals surface area (Å²) in [6.07, 6.45) is 1.03. The van der Waals surface area contributed by atoms with Gasteiger partial charge in [-0.1, -0.05) is 37.3 Å². The molecule has 0 aliphatic carbocycles. The van der Waals surface area contributed by atoms with Crippen molar-refractivity contribution in [3.05, 3.63) is 58.9 Å². The summed E-state index contributed by atoms with van der Waals surface area (Å²) >= 11 is 1.45. The van der Waals surface area contributed by atoms with E-state index in [0.29, 0.717) is 55.0 Å². The number of amides is 1. The van der Waals surface area contributed by atoms with Crippen LogP contribution < -0.4 is 4.80 Å². The van der Waals surface area contributed by atoms with Crippen LogP contribution in [0.15, 0.2) is 58.4 Å². The summed E-state index contributed by atoms with van der Waals surface area (Å²) in [6, 6.07) is 14.0. The monoisotopic (exact) mass is 501 g/mol. The van der Waals surface area contributed by atoms with Gasteiger partial charge in [0.25, 0.3) is 5.91 Å². The first kappa shape index (κ1) is 24.8. The van der Waals surface area contributed by atoms with Gasteiger partial charge in [-0.2, -0.15) is 9.30 Å². The second kappa shape index (κ2) is 10.5. The van der Waals surface area contributed by atoms with E-state index in [-0.39, 0.29) is 4.90 Å². The van der Waals surface area contributed by atoms with Gasteiger partial charge in [0.1, 0.15) is 0 Å². The zero-order valence-electron chi connectivity index (χ0n) is 19.8. The van der Waals surface area contributed by atoms with Gasteiger partial charge in [-0.3, -0.25) is 4.79 Å². The molecule has 182 valence electrons. The number of ether oxygens (including phenoxy) is 1. The molecule has 1 fully saturated rings. The van der Waals surface area contributed by atoms with Gasteiger partial charge < -0.3 is 9.30 Å². The SMILES string of the molecule is CCOCCn1c(=NC(=O)c2ccc(S(=O)(=O)N3C[C@H](C)C[C@H](C)C3)cc2)sc2ccccc21. The van der Waals surface area contributed by atoms with E-state index in [0.717, 1.165) is 16.6 Å². The van der Waals surface area contributed by atoms with Crippen molar-refractivity contribution in [1.29, 1.82) is 0 Å². The quantitative estimate of drug-likeness (QED) is 0.456. The fourth-order valence-electron chi connectivity index (χ4n) is 4.49. The molecule has 1 saturated heterocycles. The zero-order valence-corrected chi connectivity index (χ0v) is 21.4. The number of fused-ring (bicyclic) bond motifs is 1. The Hall–Kier alpha value is -2.33. The van der Waals surface area contributed by atoms with E-state index in [1.807, 2.05) is 35.8 Å². The Kier molecular flexibility index (Phi) is 7.67. The van der Waals surface area contributed by atoms with Gasteiger partial charge in [0.05, 0.1) is 21.7 Å². The maximum absolute atomic E-state index is 13.1. The first-order valence-electron chi connectivity index (χ1n) is 11.6. The first-order chi connectivity index (χ1) is 16.3. The number of benzene rings is 2. The molecule has 2 heterocycles. The molecular weight excluding hydrogens is 470 g/mol. The second-order valence-electron chi connectivity index (χ2n) is 8.91. The van der Waals surface area contributed by atoms with Crippen LogP contribution in [0.2, 0.25) is 0 Å². The molecular formula is C25H31N3O4S2. The van der Waals surface area contributed by atoms with Crippen molar-refractivity contribution in [2.45, 2.75) is 38.6 Å². The molecule has 0 saturated carbocycles. The average molecular weight is 502 g/mol. The van der Waals surface area contributed by atoms with Crippen LogP contribution in [0.3, 0.4) is 0 Å². The molecule has 4 rings (SSSR count). The molecule has 34 heavy (non-hydrogen) atoms. The summed E-state index contributed by atoms with van der Waals surface area (Å²) in [4.78, 5) is 18.1. The Bertz CT molecular complexity index is 1320. The standard InChI is InChI=1S/C25H31N3O4S2/c1-4-32-14-13-28-22-7-5-6-8-23(22)33-25(28)26-24(29)20-9-11-21(12-10-20)34(30,31)27-16-18(2)15-19(3)17-27/h5-12,18-19H,4,13-17H2,1-3H3/t18-,19+. The molecule has 7 nitrogen and oxygen atoms in total. The van der Waals surface area contributed by atoms with Crippen LogP contribution in [0.1, 0.15) is 37.6 Å². The second-order valence-corrected chi connectivity index (χ2v) is 11.9. The van der Waals surface area contributed by atoms with Crippen LogP contribution in [-0.2, 0) is 21.3 Å². The van der Waals surface area contributed by atoms with E-state index in [4.69, 9.17) is 4.74 Å². The lowest BCUT2D eigenvalue weighted by Gasteiger charge is -2.34. The molecule has 1 aliphatic rings. The Morgan fingerprint density at radius 1 is 1.09 bits per heavy atom. The fourth-order valence-corrected chi connectivity index (χ4v) is 7.23. The molecule has 0 radical (unpaired) electrons. The highest BCUT2D eigenvalue weighted by atomic mass is 32.2. The van der Waals surface area contributed by atoms with Crippen molar-refractivity contribution in [2.75, 3.05) is 26.3 Å². The lowest BCUT2D eigenvalue weighted by molar-refractivity contribution is 0.0996. The number of aromatic nitrogens is 1. The minimum atomic E-state index is -3.59. The molecule has 2 aromatic carbocycles. The van der Waals surface area contributed by atoms with Crippen LogP contribution in [0.25, 0.3) is 10.2 Å². The number of nitrogens with zero attached hydrogens (tertiary/aromatic N) is 3. The maximum Gasteiger partial charge on any atom is 0.279 e. The van der Waals surface area contributed by atoms with Crippen molar-refractivity contribution in [3.63, 3.8) is 0 Å². The summed E-state index contributed by atoms with van der Waals surface area (Å²) in [5.74, 6) is 0.253. The highest BCUT2D eigenvalue weighted by molar-refractivity contribution is 7.89. The van der Waals surface area contributed by atoms with Gasteiger partial charge in [0, 0.05) is 31.8 Å². The Morgan fingerprint density at radius 3 is 2.44 bits per heavy atom. The molecule has 2 atom stereocenters. The predicted molar refractivity (Wildman–Crippen MR) is 134 cm³/mol. The van der Waals surface area contributed by atoms with Crippen molar-refractivity contribution in [2.24, 2.45) is 16.8 Å². The molecule has 1 aliphatic heterocycles. The number of carbonyl (C=O) groups excluding carboxylic acids is 1. The van der Waals surface area contributed by atoms with E-state index in [1.54, 1.807) is 16.4 Å². The highest BCUT2D eigenvalue weighted by Gasteiger charge is 2.31. The minimum Gasteiger partial charge on any atom is -0.380 e. The number of thiazole rings is 1. The number of rotatable bonds is 7. The summed E-state index contributed by atoms with van der Waals surface area (Å²) in [5.41, 5.74) is 1.36. The van der Waals surface area contributed by atoms with Gasteiger partial charge >= 0.3 is 0 Å². The number of hydrogen-bond donors (Lipinski definition) is 0. The topological polar surface area (TPSA) is 81.0 Å². The van der Waals surface area contributed by atoms with E-state index < -0.39 is 15.9 Å². The largest absolute Gasteiger partial charge is 0.380 e. The van der Waals surface area contributed by atoms with Gasteiger partial charge in [0.2, 0.25) is 10.0 Å². The lowest BCUT2D eigenvalue weighted by atomic mass is 9.94. The maximum atomic E-state index is 13.1. The zero-order chi connectivity index (χ0) is 24.3. The smallest absolute Gasteiger partial charge is 0.279 e. The van der Waals surface area contributed by atoms with E-state index in [1.165, 1.54) is 23.5 Å². The third-order valence-electron chi connectivity index (χ3n) is 6.02. The molecule has 0 N–H and O–H groups in total. The highest BCUT2D eigenvalue weighted by Crippen LogP contribution is 2.27. The molecule has 1 aromatic heterocycles. The third-order valence-corrected chi connectivity index (χ3v) is 8.93. The number of hydrogen-bond acceptors (Lipinski definition) is 5. The van der Waals surface area contributed by atoms with E-state index in [9.17, 15) is 13.2 Å². The van der Waals surface area contributed by atoms with Crippen molar-refractivity contribution in [3.8, 4) is 0 Å². The first-order valence-corrected chi connectivity index (χ1v) is 13.9. The molecule has 9 heteroatoms. The lowest BCUT2D eigenvalue weighted by Crippen LogP contribution is -2.42. The molecule has 0 bridgehead atoms. The van der Waals surface area contributed by atoms with E-state index >= 15 is 0 Å². The fraction of sp³-hybridized carbons (Fsp3) is 0.440. The molecule has 1 amide bonds. The molecule has 0 spiro atoms. The summed E-state index contributed by atoms with van der Waals surface area (Å²) in [6.45, 7) is 8.89. The third kappa shape index (κ3) is 5.33. The van der Waals surface area contributed by atoms with E-state index in [2.05, 4.69) is 18.8 Å². The summed E-state index contributed by atoms with van der Waals surface area (Å²) in [5, 5.41) is 0. The van der Waals surface area contributed by atoms with Crippen LogP contribution in [0.4, 0.5) is 0 Å². The minimum absolute atomic E-state index is 0.207. The van der Waals surface area contributed by atoms with Gasteiger partial charge in [-0.05, 0) is 61.6 Å².